The number of methoxy groups -OCH3 is 1. The minimum absolute atomic E-state index is 0.0981. The van der Waals surface area contributed by atoms with Gasteiger partial charge in [-0.15, -0.1) is 0 Å². The zero-order valence-electron chi connectivity index (χ0n) is 17.6. The molecule has 1 atom stereocenters. The van der Waals surface area contributed by atoms with Gasteiger partial charge in [0.05, 0.1) is 24.2 Å². The van der Waals surface area contributed by atoms with Crippen LogP contribution in [0, 0.1) is 5.92 Å². The number of nitrogens with zero attached hydrogens (tertiary/aromatic N) is 2. The predicted molar refractivity (Wildman–Crippen MR) is 111 cm³/mol. The van der Waals surface area contributed by atoms with Gasteiger partial charge < -0.3 is 19.9 Å². The Kier molecular flexibility index (Phi) is 6.57. The Morgan fingerprint density at radius 3 is 2.62 bits per heavy atom. The van der Waals surface area contributed by atoms with Gasteiger partial charge in [0.15, 0.2) is 0 Å². The van der Waals surface area contributed by atoms with Crippen LogP contribution in [-0.4, -0.2) is 46.0 Å². The number of hydrogen-bond acceptors (Lipinski definition) is 6. The average Bonchev–Trinajstić information content (AvgIpc) is 2.67. The van der Waals surface area contributed by atoms with Crippen LogP contribution < -0.4 is 10.1 Å². The average molecular weight is 402 g/mol. The van der Waals surface area contributed by atoms with Crippen molar-refractivity contribution in [2.75, 3.05) is 7.11 Å². The summed E-state index contributed by atoms with van der Waals surface area (Å²) in [5, 5.41) is 13.8. The summed E-state index contributed by atoms with van der Waals surface area (Å²) in [5.74, 6) is 0.732. The number of aliphatic hydroxyl groups is 1. The Morgan fingerprint density at radius 2 is 1.97 bits per heavy atom. The summed E-state index contributed by atoms with van der Waals surface area (Å²) >= 11 is 0. The SMILES string of the molecule is COc1ccc2nccc(CC(O)C3CCC(NC(=O)OC(C)(C)C)CC3)c2n1. The van der Waals surface area contributed by atoms with Gasteiger partial charge in [-0.2, -0.15) is 0 Å². The lowest BCUT2D eigenvalue weighted by molar-refractivity contribution is 0.0451. The second kappa shape index (κ2) is 8.95. The number of hydrogen-bond donors (Lipinski definition) is 2. The number of aromatic nitrogens is 2. The van der Waals surface area contributed by atoms with E-state index in [0.29, 0.717) is 12.3 Å². The molecular formula is C22H31N3O4. The molecule has 1 fully saturated rings. The molecule has 29 heavy (non-hydrogen) atoms. The number of alkyl carbamates (subject to hydrolysis) is 1. The van der Waals surface area contributed by atoms with E-state index in [2.05, 4.69) is 15.3 Å². The van der Waals surface area contributed by atoms with Crippen molar-refractivity contribution in [3.05, 3.63) is 30.0 Å². The molecule has 0 saturated heterocycles. The van der Waals surface area contributed by atoms with E-state index in [-0.39, 0.29) is 18.1 Å². The summed E-state index contributed by atoms with van der Waals surface area (Å²) in [5.41, 5.74) is 2.03. The van der Waals surface area contributed by atoms with Crippen molar-refractivity contribution in [3.63, 3.8) is 0 Å². The fourth-order valence-corrected chi connectivity index (χ4v) is 3.85. The molecule has 1 unspecified atom stereocenters. The number of carbonyl (C=O) groups is 1. The summed E-state index contributed by atoms with van der Waals surface area (Å²) in [4.78, 5) is 20.8. The van der Waals surface area contributed by atoms with Crippen LogP contribution in [0.15, 0.2) is 24.4 Å². The monoisotopic (exact) mass is 401 g/mol. The molecule has 2 aromatic rings. The van der Waals surface area contributed by atoms with Crippen molar-refractivity contribution < 1.29 is 19.4 Å². The van der Waals surface area contributed by atoms with Crippen LogP contribution in [0.25, 0.3) is 11.0 Å². The summed E-state index contributed by atoms with van der Waals surface area (Å²) < 4.78 is 10.6. The van der Waals surface area contributed by atoms with Crippen LogP contribution in [-0.2, 0) is 11.2 Å². The van der Waals surface area contributed by atoms with Gasteiger partial charge >= 0.3 is 6.09 Å². The van der Waals surface area contributed by atoms with Crippen molar-refractivity contribution in [2.45, 2.75) is 70.6 Å². The van der Waals surface area contributed by atoms with Crippen molar-refractivity contribution in [2.24, 2.45) is 5.92 Å². The molecule has 0 bridgehead atoms. The van der Waals surface area contributed by atoms with Crippen LogP contribution in [0.4, 0.5) is 4.79 Å². The van der Waals surface area contributed by atoms with Gasteiger partial charge in [0, 0.05) is 24.7 Å². The highest BCUT2D eigenvalue weighted by Crippen LogP contribution is 2.30. The number of ether oxygens (including phenoxy) is 2. The molecule has 0 radical (unpaired) electrons. The molecule has 2 N–H and O–H groups in total. The third kappa shape index (κ3) is 5.79. The van der Waals surface area contributed by atoms with Crippen LogP contribution in [0.1, 0.15) is 52.0 Å². The minimum Gasteiger partial charge on any atom is -0.481 e. The van der Waals surface area contributed by atoms with E-state index in [9.17, 15) is 9.90 Å². The zero-order chi connectivity index (χ0) is 21.0. The molecule has 2 aromatic heterocycles. The summed E-state index contributed by atoms with van der Waals surface area (Å²) in [7, 11) is 1.59. The fourth-order valence-electron chi connectivity index (χ4n) is 3.85. The maximum Gasteiger partial charge on any atom is 0.407 e. The number of carbonyl (C=O) groups excluding carboxylic acids is 1. The first-order valence-electron chi connectivity index (χ1n) is 10.2. The third-order valence-corrected chi connectivity index (χ3v) is 5.32. The quantitative estimate of drug-likeness (QED) is 0.795. The van der Waals surface area contributed by atoms with Crippen molar-refractivity contribution >= 4 is 17.1 Å². The van der Waals surface area contributed by atoms with Gasteiger partial charge in [0.1, 0.15) is 5.60 Å². The standard InChI is InChI=1S/C22H31N3O4/c1-22(2,3)29-21(27)24-16-7-5-14(6-8-16)18(26)13-15-11-12-23-17-9-10-19(28-4)25-20(15)17/h9-12,14,16,18,26H,5-8,13H2,1-4H3,(H,24,27). The Balaban J connectivity index is 1.57. The van der Waals surface area contributed by atoms with Crippen LogP contribution in [0.3, 0.4) is 0 Å². The Morgan fingerprint density at radius 1 is 1.24 bits per heavy atom. The number of rotatable bonds is 5. The molecular weight excluding hydrogens is 370 g/mol. The second-order valence-electron chi connectivity index (χ2n) is 8.72. The van der Waals surface area contributed by atoms with Crippen molar-refractivity contribution in [3.8, 4) is 5.88 Å². The lowest BCUT2D eigenvalue weighted by atomic mass is 9.81. The molecule has 0 spiro atoms. The summed E-state index contributed by atoms with van der Waals surface area (Å²) in [6, 6.07) is 5.67. The molecule has 158 valence electrons. The second-order valence-corrected chi connectivity index (χ2v) is 8.72. The zero-order valence-corrected chi connectivity index (χ0v) is 17.6. The molecule has 0 aliphatic heterocycles. The third-order valence-electron chi connectivity index (χ3n) is 5.32. The van der Waals surface area contributed by atoms with Crippen LogP contribution in [0.5, 0.6) is 5.88 Å². The molecule has 1 saturated carbocycles. The largest absolute Gasteiger partial charge is 0.481 e. The van der Waals surface area contributed by atoms with E-state index in [1.807, 2.05) is 32.9 Å². The first-order valence-corrected chi connectivity index (χ1v) is 10.2. The van der Waals surface area contributed by atoms with Crippen LogP contribution in [0.2, 0.25) is 0 Å². The summed E-state index contributed by atoms with van der Waals surface area (Å²) in [6.45, 7) is 5.56. The van der Waals surface area contributed by atoms with Crippen molar-refractivity contribution in [1.29, 1.82) is 0 Å². The van der Waals surface area contributed by atoms with Gasteiger partial charge in [-0.25, -0.2) is 9.78 Å². The molecule has 7 heteroatoms. The molecule has 1 aliphatic carbocycles. The van der Waals surface area contributed by atoms with E-state index in [4.69, 9.17) is 9.47 Å². The number of pyridine rings is 2. The molecule has 3 rings (SSSR count). The maximum atomic E-state index is 12.0. The Bertz CT molecular complexity index is 842. The van der Waals surface area contributed by atoms with E-state index >= 15 is 0 Å². The van der Waals surface area contributed by atoms with Gasteiger partial charge in [-0.05, 0) is 70.1 Å². The van der Waals surface area contributed by atoms with Crippen molar-refractivity contribution in [1.82, 2.24) is 15.3 Å². The predicted octanol–water partition coefficient (Wildman–Crippen LogP) is 3.63. The van der Waals surface area contributed by atoms with Gasteiger partial charge in [0.2, 0.25) is 5.88 Å². The lowest BCUT2D eigenvalue weighted by Crippen LogP contribution is -2.42. The Hall–Kier alpha value is -2.41. The first-order chi connectivity index (χ1) is 13.7. The van der Waals surface area contributed by atoms with Gasteiger partial charge in [-0.1, -0.05) is 0 Å². The lowest BCUT2D eigenvalue weighted by Gasteiger charge is -2.32. The maximum absolute atomic E-state index is 12.0. The summed E-state index contributed by atoms with van der Waals surface area (Å²) in [6.07, 6.45) is 4.84. The highest BCUT2D eigenvalue weighted by Gasteiger charge is 2.29. The van der Waals surface area contributed by atoms with Crippen LogP contribution >= 0.6 is 0 Å². The topological polar surface area (TPSA) is 93.6 Å². The highest BCUT2D eigenvalue weighted by molar-refractivity contribution is 5.78. The fraction of sp³-hybridized carbons (Fsp3) is 0.591. The highest BCUT2D eigenvalue weighted by atomic mass is 16.6. The molecule has 0 aromatic carbocycles. The smallest absolute Gasteiger partial charge is 0.407 e. The molecule has 1 aliphatic rings. The number of nitrogens with one attached hydrogen (secondary N) is 1. The normalized spacial score (nSPS) is 20.9. The van der Waals surface area contributed by atoms with E-state index in [1.54, 1.807) is 19.4 Å². The van der Waals surface area contributed by atoms with Gasteiger partial charge in [-0.3, -0.25) is 4.98 Å². The van der Waals surface area contributed by atoms with E-state index in [1.165, 1.54) is 0 Å². The van der Waals surface area contributed by atoms with E-state index < -0.39 is 11.7 Å². The number of fused-ring (bicyclic) bond motifs is 1. The van der Waals surface area contributed by atoms with Gasteiger partial charge in [0.25, 0.3) is 0 Å². The molecule has 7 nitrogen and oxygen atoms in total. The first kappa shape index (κ1) is 21.3. The van der Waals surface area contributed by atoms with E-state index in [0.717, 1.165) is 42.3 Å². The Labute approximate surface area is 171 Å². The molecule has 1 amide bonds. The number of amides is 1. The number of aliphatic hydroxyl groups excluding tert-OH is 1. The molecule has 2 heterocycles. The minimum atomic E-state index is -0.499.